The average molecular weight is 570 g/mol. The number of hydrogen-bond donors (Lipinski definition) is 1. The fourth-order valence-electron chi connectivity index (χ4n) is 7.05. The fraction of sp³-hybridized carbons (Fsp3) is 0.346. The van der Waals surface area contributed by atoms with Crippen LogP contribution in [0.5, 0.6) is 5.75 Å². The van der Waals surface area contributed by atoms with Crippen LogP contribution in [0.1, 0.15) is 22.8 Å². The van der Waals surface area contributed by atoms with Gasteiger partial charge in [0.05, 0.1) is 29.7 Å². The second-order valence-corrected chi connectivity index (χ2v) is 12.8. The first-order chi connectivity index (χ1) is 17.0. The molecule has 0 unspecified atom stereocenters. The van der Waals surface area contributed by atoms with Gasteiger partial charge >= 0.3 is 4.87 Å². The maximum Gasteiger partial charge on any atom is 0.305 e. The van der Waals surface area contributed by atoms with E-state index in [1.54, 1.807) is 18.9 Å². The van der Waals surface area contributed by atoms with E-state index in [1.165, 1.54) is 16.2 Å². The Bertz CT molecular complexity index is 1420. The van der Waals surface area contributed by atoms with Crippen molar-refractivity contribution in [2.45, 2.75) is 22.6 Å². The first-order valence-corrected chi connectivity index (χ1v) is 14.1. The molecule has 4 aliphatic rings. The van der Waals surface area contributed by atoms with Crippen molar-refractivity contribution in [3.05, 3.63) is 73.1 Å². The van der Waals surface area contributed by atoms with Gasteiger partial charge in [0.2, 0.25) is 11.8 Å². The Morgan fingerprint density at radius 2 is 1.66 bits per heavy atom. The number of fused-ring (bicyclic) bond motifs is 9. The number of H-pyrrole nitrogens is 1. The van der Waals surface area contributed by atoms with Crippen LogP contribution in [0.25, 0.3) is 0 Å². The van der Waals surface area contributed by atoms with Crippen LogP contribution < -0.4 is 14.5 Å². The third-order valence-corrected chi connectivity index (χ3v) is 11.4. The van der Waals surface area contributed by atoms with Crippen LogP contribution >= 0.6 is 39.0 Å². The van der Waals surface area contributed by atoms with E-state index in [2.05, 4.69) is 33.0 Å². The zero-order valence-corrected chi connectivity index (χ0v) is 21.9. The van der Waals surface area contributed by atoms with Crippen molar-refractivity contribution in [2.24, 2.45) is 29.6 Å². The number of carbonyl (C=O) groups is 2. The smallest absolute Gasteiger partial charge is 0.305 e. The minimum Gasteiger partial charge on any atom is -0.497 e. The molecule has 7 rings (SSSR count). The summed E-state index contributed by atoms with van der Waals surface area (Å²) in [6.45, 7) is 0. The lowest BCUT2D eigenvalue weighted by Crippen LogP contribution is -2.42. The molecular weight excluding hydrogens is 548 g/mol. The SMILES string of the molecule is COc1ccc([C@@H]2c3sc(=O)[nH]c3S[C@@H]3[C@@H]4C[C@@H]([C@@H]5C(=O)N(c6ccc(Br)cc6)C(=O)[C@@H]45)[C@@H]23)cc1. The summed E-state index contributed by atoms with van der Waals surface area (Å²) < 4.78 is 6.27. The van der Waals surface area contributed by atoms with Gasteiger partial charge in [0.15, 0.2) is 0 Å². The molecule has 1 saturated heterocycles. The van der Waals surface area contributed by atoms with Crippen LogP contribution in [0.3, 0.4) is 0 Å². The molecule has 2 aromatic carbocycles. The number of aromatic amines is 1. The Morgan fingerprint density at radius 1 is 0.971 bits per heavy atom. The highest BCUT2D eigenvalue weighted by molar-refractivity contribution is 9.10. The Labute approximate surface area is 218 Å². The lowest BCUT2D eigenvalue weighted by molar-refractivity contribution is -0.123. The van der Waals surface area contributed by atoms with E-state index < -0.39 is 0 Å². The van der Waals surface area contributed by atoms with Crippen molar-refractivity contribution in [3.8, 4) is 5.75 Å². The Hall–Kier alpha value is -2.36. The molecule has 9 heteroatoms. The number of aromatic nitrogens is 1. The maximum absolute atomic E-state index is 13.7. The number of benzene rings is 2. The number of rotatable bonds is 3. The lowest BCUT2D eigenvalue weighted by atomic mass is 9.68. The van der Waals surface area contributed by atoms with Crippen molar-refractivity contribution in [1.29, 1.82) is 0 Å². The van der Waals surface area contributed by atoms with Crippen LogP contribution in [0.4, 0.5) is 5.69 Å². The number of amides is 2. The number of carbonyl (C=O) groups excluding carboxylic acids is 2. The molecule has 1 aromatic heterocycles. The largest absolute Gasteiger partial charge is 0.497 e. The molecule has 3 aromatic rings. The van der Waals surface area contributed by atoms with E-state index in [9.17, 15) is 14.4 Å². The van der Waals surface area contributed by atoms with Gasteiger partial charge in [-0.1, -0.05) is 39.4 Å². The summed E-state index contributed by atoms with van der Waals surface area (Å²) in [4.78, 5) is 45.2. The van der Waals surface area contributed by atoms with E-state index in [0.29, 0.717) is 5.69 Å². The molecule has 0 radical (unpaired) electrons. The highest BCUT2D eigenvalue weighted by Crippen LogP contribution is 2.68. The van der Waals surface area contributed by atoms with Gasteiger partial charge in [0, 0.05) is 20.5 Å². The van der Waals surface area contributed by atoms with Gasteiger partial charge in [-0.05, 0) is 66.1 Å². The number of ether oxygens (including phenoxy) is 1. The Kier molecular flexibility index (Phi) is 4.89. The van der Waals surface area contributed by atoms with Crippen LogP contribution in [-0.2, 0) is 9.59 Å². The van der Waals surface area contributed by atoms with Crippen molar-refractivity contribution in [3.63, 3.8) is 0 Å². The predicted molar refractivity (Wildman–Crippen MR) is 138 cm³/mol. The van der Waals surface area contributed by atoms with Gasteiger partial charge < -0.3 is 9.72 Å². The van der Waals surface area contributed by atoms with Crippen molar-refractivity contribution in [1.82, 2.24) is 4.98 Å². The summed E-state index contributed by atoms with van der Waals surface area (Å²) >= 11 is 6.42. The van der Waals surface area contributed by atoms with E-state index in [-0.39, 0.29) is 57.4 Å². The molecule has 35 heavy (non-hydrogen) atoms. The number of anilines is 1. The maximum atomic E-state index is 13.7. The van der Waals surface area contributed by atoms with Crippen LogP contribution in [0, 0.1) is 29.6 Å². The van der Waals surface area contributed by atoms with Gasteiger partial charge in [-0.15, -0.1) is 11.8 Å². The number of thiazole rings is 1. The molecule has 1 N–H and O–H groups in total. The van der Waals surface area contributed by atoms with Gasteiger partial charge in [-0.2, -0.15) is 0 Å². The van der Waals surface area contributed by atoms with E-state index in [1.807, 2.05) is 36.4 Å². The molecule has 3 heterocycles. The molecule has 2 aliphatic heterocycles. The van der Waals surface area contributed by atoms with Gasteiger partial charge in [-0.3, -0.25) is 19.3 Å². The Balaban J connectivity index is 1.31. The van der Waals surface area contributed by atoms with E-state index >= 15 is 0 Å². The number of halogens is 1. The third-order valence-electron chi connectivity index (χ3n) is 8.28. The van der Waals surface area contributed by atoms with Crippen LogP contribution in [-0.4, -0.2) is 29.2 Å². The van der Waals surface area contributed by atoms with Crippen molar-refractivity contribution < 1.29 is 14.3 Å². The number of thioether (sulfide) groups is 1. The molecule has 2 bridgehead atoms. The zero-order chi connectivity index (χ0) is 24.0. The van der Waals surface area contributed by atoms with Crippen molar-refractivity contribution in [2.75, 3.05) is 12.0 Å². The molecule has 2 aliphatic carbocycles. The second-order valence-electron chi connectivity index (χ2n) is 9.72. The Morgan fingerprint density at radius 3 is 2.34 bits per heavy atom. The van der Waals surface area contributed by atoms with Gasteiger partial charge in [0.25, 0.3) is 0 Å². The highest BCUT2D eigenvalue weighted by Gasteiger charge is 2.69. The minimum absolute atomic E-state index is 0.0201. The van der Waals surface area contributed by atoms with Crippen molar-refractivity contribution >= 4 is 56.5 Å². The molecule has 6 nitrogen and oxygen atoms in total. The second kappa shape index (κ2) is 7.82. The van der Waals surface area contributed by atoms with E-state index in [0.717, 1.165) is 32.1 Å². The molecule has 3 fully saturated rings. The summed E-state index contributed by atoms with van der Waals surface area (Å²) in [6, 6.07) is 15.4. The van der Waals surface area contributed by atoms with E-state index in [4.69, 9.17) is 4.74 Å². The fourth-order valence-corrected chi connectivity index (χ4v) is 10.2. The molecule has 0 spiro atoms. The predicted octanol–water partition coefficient (Wildman–Crippen LogP) is 4.89. The molecule has 2 amide bonds. The molecule has 178 valence electrons. The third kappa shape index (κ3) is 3.04. The van der Waals surface area contributed by atoms with Gasteiger partial charge in [-0.25, -0.2) is 0 Å². The lowest BCUT2D eigenvalue weighted by Gasteiger charge is -2.43. The normalized spacial score (nSPS) is 32.5. The molecule has 2 saturated carbocycles. The number of nitrogens with zero attached hydrogens (tertiary/aromatic N) is 1. The monoisotopic (exact) mass is 568 g/mol. The summed E-state index contributed by atoms with van der Waals surface area (Å²) in [5.74, 6) is 0.509. The number of nitrogens with one attached hydrogen (secondary N) is 1. The highest BCUT2D eigenvalue weighted by atomic mass is 79.9. The van der Waals surface area contributed by atoms with Crippen LogP contribution in [0.15, 0.2) is 62.8 Å². The zero-order valence-electron chi connectivity index (χ0n) is 18.6. The summed E-state index contributed by atoms with van der Waals surface area (Å²) in [7, 11) is 1.65. The summed E-state index contributed by atoms with van der Waals surface area (Å²) in [5, 5.41) is 1.11. The topological polar surface area (TPSA) is 79.5 Å². The first-order valence-electron chi connectivity index (χ1n) is 11.6. The first kappa shape index (κ1) is 21.9. The average Bonchev–Trinajstić information content (AvgIpc) is 3.59. The van der Waals surface area contributed by atoms with Gasteiger partial charge in [0.1, 0.15) is 5.75 Å². The minimum atomic E-state index is -0.295. The van der Waals surface area contributed by atoms with Crippen LogP contribution in [0.2, 0.25) is 0 Å². The quantitative estimate of drug-likeness (QED) is 0.455. The molecular formula is C26H21BrN2O4S2. The number of hydrogen-bond acceptors (Lipinski definition) is 6. The standard InChI is InChI=1S/C26H21BrN2O4S2/c1-33-14-8-2-11(3-9-14)17-18-15-10-16(21(18)34-23-22(17)35-26(32)28-23)20-19(15)24(30)29(25(20)31)13-6-4-12(27)5-7-13/h2-9,15-21H,10H2,1H3,(H,28,32)/t15-,16-,17+,18+,19+,20+,21-/m1/s1. The number of methoxy groups -OCH3 is 1. The summed E-state index contributed by atoms with van der Waals surface area (Å²) in [5.41, 5.74) is 1.77. The summed E-state index contributed by atoms with van der Waals surface area (Å²) in [6.07, 6.45) is 0.884. The number of imide groups is 1. The molecule has 7 atom stereocenters.